The zero-order valence-corrected chi connectivity index (χ0v) is 20.5. The normalized spacial score (nSPS) is 12.7. The first-order valence-electron chi connectivity index (χ1n) is 11.7. The van der Waals surface area contributed by atoms with Crippen LogP contribution in [0.4, 0.5) is 5.69 Å². The molecule has 0 aliphatic carbocycles. The molecule has 1 aliphatic heterocycles. The predicted molar refractivity (Wildman–Crippen MR) is 136 cm³/mol. The van der Waals surface area contributed by atoms with Crippen molar-refractivity contribution in [3.05, 3.63) is 104 Å². The Bertz CT molecular complexity index is 1630. The Morgan fingerprint density at radius 3 is 2.35 bits per heavy atom. The zero-order valence-electron chi connectivity index (χ0n) is 20.5. The van der Waals surface area contributed by atoms with Gasteiger partial charge in [-0.25, -0.2) is 14.5 Å². The van der Waals surface area contributed by atoms with Crippen molar-refractivity contribution < 1.29 is 28.3 Å². The van der Waals surface area contributed by atoms with Gasteiger partial charge < -0.3 is 13.9 Å². The summed E-state index contributed by atoms with van der Waals surface area (Å²) in [5.74, 6) is -1.07. The molecular formula is C29H23NO7. The van der Waals surface area contributed by atoms with Gasteiger partial charge >= 0.3 is 11.6 Å². The highest BCUT2D eigenvalue weighted by atomic mass is 16.5. The molecule has 0 bridgehead atoms. The van der Waals surface area contributed by atoms with Crippen molar-refractivity contribution in [3.63, 3.8) is 0 Å². The van der Waals surface area contributed by atoms with Crippen molar-refractivity contribution in [1.82, 2.24) is 0 Å². The number of ether oxygens (including phenoxy) is 2. The predicted octanol–water partition coefficient (Wildman–Crippen LogP) is 4.97. The number of nitrogens with zero attached hydrogens (tertiary/aromatic N) is 1. The molecule has 8 nitrogen and oxygen atoms in total. The Kier molecular flexibility index (Phi) is 6.09. The molecule has 0 saturated carbocycles. The molecule has 0 fully saturated rings. The monoisotopic (exact) mass is 497 g/mol. The summed E-state index contributed by atoms with van der Waals surface area (Å²) in [5, 5.41) is 0.677. The molecule has 0 atom stereocenters. The number of carbonyl (C=O) groups is 3. The molecule has 186 valence electrons. The molecule has 1 aliphatic rings. The third-order valence-electron chi connectivity index (χ3n) is 6.40. The lowest BCUT2D eigenvalue weighted by molar-refractivity contribution is 0.0473. The molecule has 0 radical (unpaired) electrons. The summed E-state index contributed by atoms with van der Waals surface area (Å²) < 4.78 is 16.3. The molecule has 3 aromatic carbocycles. The van der Waals surface area contributed by atoms with Gasteiger partial charge in [0.1, 0.15) is 17.9 Å². The molecule has 0 saturated heterocycles. The molecule has 0 unspecified atom stereocenters. The fraction of sp³-hybridized carbons (Fsp3) is 0.172. The number of rotatable bonds is 6. The molecule has 2 amide bonds. The van der Waals surface area contributed by atoms with Crippen molar-refractivity contribution in [2.75, 3.05) is 11.5 Å². The Morgan fingerprint density at radius 1 is 0.892 bits per heavy atom. The Balaban J connectivity index is 1.37. The molecule has 0 N–H and O–H groups in total. The number of hydrogen-bond donors (Lipinski definition) is 0. The maximum Gasteiger partial charge on any atom is 0.338 e. The number of benzene rings is 3. The van der Waals surface area contributed by atoms with Gasteiger partial charge in [-0.3, -0.25) is 9.59 Å². The maximum atomic E-state index is 13.1. The van der Waals surface area contributed by atoms with Crippen LogP contribution in [0.15, 0.2) is 69.9 Å². The van der Waals surface area contributed by atoms with Crippen LogP contribution in [0.5, 0.6) is 5.75 Å². The van der Waals surface area contributed by atoms with Gasteiger partial charge in [-0.2, -0.15) is 0 Å². The molecule has 2 heterocycles. The highest BCUT2D eigenvalue weighted by Gasteiger charge is 2.37. The highest BCUT2D eigenvalue weighted by Crippen LogP contribution is 2.31. The fourth-order valence-electron chi connectivity index (χ4n) is 4.33. The molecule has 37 heavy (non-hydrogen) atoms. The second kappa shape index (κ2) is 9.39. The number of anilines is 1. The molecule has 8 heteroatoms. The quantitative estimate of drug-likeness (QED) is 0.211. The van der Waals surface area contributed by atoms with Gasteiger partial charge in [0.15, 0.2) is 0 Å². The number of hydrogen-bond acceptors (Lipinski definition) is 7. The van der Waals surface area contributed by atoms with Crippen molar-refractivity contribution >= 4 is 34.4 Å². The van der Waals surface area contributed by atoms with Crippen LogP contribution in [0.25, 0.3) is 11.0 Å². The molecule has 0 spiro atoms. The lowest BCUT2D eigenvalue weighted by Crippen LogP contribution is -2.29. The van der Waals surface area contributed by atoms with Crippen molar-refractivity contribution in [3.8, 4) is 5.75 Å². The summed E-state index contributed by atoms with van der Waals surface area (Å²) in [5.41, 5.74) is 3.07. The second-order valence-corrected chi connectivity index (χ2v) is 8.68. The molecule has 1 aromatic heterocycles. The van der Waals surface area contributed by atoms with E-state index in [2.05, 4.69) is 0 Å². The van der Waals surface area contributed by atoms with E-state index in [-0.39, 0.29) is 23.3 Å². The van der Waals surface area contributed by atoms with Gasteiger partial charge in [0, 0.05) is 17.0 Å². The lowest BCUT2D eigenvalue weighted by Gasteiger charge is -2.14. The van der Waals surface area contributed by atoms with Gasteiger partial charge in [0.25, 0.3) is 11.8 Å². The Hall–Kier alpha value is -4.72. The van der Waals surface area contributed by atoms with Crippen molar-refractivity contribution in [2.45, 2.75) is 27.4 Å². The van der Waals surface area contributed by atoms with Gasteiger partial charge in [-0.05, 0) is 74.4 Å². The van der Waals surface area contributed by atoms with Gasteiger partial charge in [-0.15, -0.1) is 0 Å². The van der Waals surface area contributed by atoms with Crippen molar-refractivity contribution in [1.29, 1.82) is 0 Å². The average Bonchev–Trinajstić information content (AvgIpc) is 3.14. The minimum Gasteiger partial charge on any atom is -0.494 e. The third kappa shape index (κ3) is 4.27. The van der Waals surface area contributed by atoms with E-state index in [1.807, 2.05) is 32.9 Å². The zero-order chi connectivity index (χ0) is 26.3. The number of imide groups is 1. The van der Waals surface area contributed by atoms with Crippen LogP contribution in [0.2, 0.25) is 0 Å². The fourth-order valence-corrected chi connectivity index (χ4v) is 4.33. The average molecular weight is 498 g/mol. The summed E-state index contributed by atoms with van der Waals surface area (Å²) in [7, 11) is 0. The molecular weight excluding hydrogens is 474 g/mol. The first-order chi connectivity index (χ1) is 17.8. The van der Waals surface area contributed by atoms with E-state index in [4.69, 9.17) is 13.9 Å². The van der Waals surface area contributed by atoms with E-state index in [9.17, 15) is 19.2 Å². The third-order valence-corrected chi connectivity index (χ3v) is 6.40. The minimum atomic E-state index is -0.687. The van der Waals surface area contributed by atoms with Crippen LogP contribution in [0.3, 0.4) is 0 Å². The maximum absolute atomic E-state index is 13.1. The minimum absolute atomic E-state index is 0.116. The van der Waals surface area contributed by atoms with Crippen LogP contribution >= 0.6 is 0 Å². The Morgan fingerprint density at radius 2 is 1.62 bits per heavy atom. The number of amides is 2. The highest BCUT2D eigenvalue weighted by molar-refractivity contribution is 6.34. The lowest BCUT2D eigenvalue weighted by atomic mass is 10.0. The summed E-state index contributed by atoms with van der Waals surface area (Å²) in [6.07, 6.45) is 0. The second-order valence-electron chi connectivity index (χ2n) is 8.68. The summed E-state index contributed by atoms with van der Waals surface area (Å²) in [4.78, 5) is 52.0. The Labute approximate surface area is 212 Å². The van der Waals surface area contributed by atoms with Crippen LogP contribution in [-0.2, 0) is 11.3 Å². The first kappa shape index (κ1) is 24.0. The summed E-state index contributed by atoms with van der Waals surface area (Å²) >= 11 is 0. The SMILES string of the molecule is CCOc1ccc(N2C(=O)c3ccc(C(=O)OCc4cc(=O)oc5c(C)c(C)ccc45)cc3C2=O)cc1. The standard InChI is InChI=1S/C29H23NO7/c1-4-35-21-9-7-20(8-10-21)30-27(32)23-12-6-18(13-24(23)28(30)33)29(34)36-15-19-14-25(31)37-26-17(3)16(2)5-11-22(19)26/h5-14H,4,15H2,1-3H3. The van der Waals surface area contributed by atoms with E-state index >= 15 is 0 Å². The van der Waals surface area contributed by atoms with E-state index in [0.29, 0.717) is 34.6 Å². The van der Waals surface area contributed by atoms with Crippen LogP contribution in [0, 0.1) is 13.8 Å². The molecule has 4 aromatic rings. The first-order valence-corrected chi connectivity index (χ1v) is 11.7. The number of fused-ring (bicyclic) bond motifs is 2. The van der Waals surface area contributed by atoms with Crippen molar-refractivity contribution in [2.24, 2.45) is 0 Å². The largest absolute Gasteiger partial charge is 0.494 e. The van der Waals surface area contributed by atoms with Gasteiger partial charge in [0.05, 0.1) is 29.0 Å². The van der Waals surface area contributed by atoms with Gasteiger partial charge in [-0.1, -0.05) is 12.1 Å². The van der Waals surface area contributed by atoms with Crippen LogP contribution in [-0.4, -0.2) is 24.4 Å². The number of aryl methyl sites for hydroxylation is 2. The van der Waals surface area contributed by atoms with E-state index < -0.39 is 23.4 Å². The van der Waals surface area contributed by atoms with Crippen LogP contribution < -0.4 is 15.3 Å². The summed E-state index contributed by atoms with van der Waals surface area (Å²) in [6.45, 7) is 5.97. The smallest absolute Gasteiger partial charge is 0.338 e. The number of esters is 1. The topological polar surface area (TPSA) is 103 Å². The molecule has 5 rings (SSSR count). The van der Waals surface area contributed by atoms with Crippen LogP contribution in [0.1, 0.15) is 54.7 Å². The van der Waals surface area contributed by atoms with E-state index in [1.54, 1.807) is 24.3 Å². The van der Waals surface area contributed by atoms with E-state index in [0.717, 1.165) is 16.0 Å². The van der Waals surface area contributed by atoms with Gasteiger partial charge in [0.2, 0.25) is 0 Å². The number of carbonyl (C=O) groups excluding carboxylic acids is 3. The van der Waals surface area contributed by atoms with E-state index in [1.165, 1.54) is 24.3 Å². The summed E-state index contributed by atoms with van der Waals surface area (Å²) in [6, 6.07) is 15.9.